The average Bonchev–Trinajstić information content (AvgIpc) is 3.16. The van der Waals surface area contributed by atoms with Gasteiger partial charge >= 0.3 is 0 Å². The Balaban J connectivity index is 2.53. The number of rotatable bonds is 35. The summed E-state index contributed by atoms with van der Waals surface area (Å²) < 4.78 is 11.0. The Morgan fingerprint density at radius 2 is 1.11 bits per heavy atom. The zero-order valence-corrected chi connectivity index (χ0v) is 33.5. The molecular formula is C42H81NO10. The second-order valence-corrected chi connectivity index (χ2v) is 15.4. The predicted molar refractivity (Wildman–Crippen MR) is 210 cm³/mol. The van der Waals surface area contributed by atoms with Crippen LogP contribution in [0, 0.1) is 0 Å². The van der Waals surface area contributed by atoms with Crippen molar-refractivity contribution >= 4 is 5.91 Å². The molecule has 1 aliphatic rings. The second kappa shape index (κ2) is 33.0. The largest absolute Gasteiger partial charge is 0.394 e. The first-order valence-electron chi connectivity index (χ1n) is 21.6. The van der Waals surface area contributed by atoms with Gasteiger partial charge in [0.05, 0.1) is 25.4 Å². The van der Waals surface area contributed by atoms with Crippen molar-refractivity contribution in [2.45, 2.75) is 236 Å². The van der Waals surface area contributed by atoms with E-state index in [4.69, 9.17) is 9.47 Å². The van der Waals surface area contributed by atoms with Crippen molar-refractivity contribution in [1.29, 1.82) is 0 Å². The van der Waals surface area contributed by atoms with E-state index in [1.165, 1.54) is 103 Å². The summed E-state index contributed by atoms with van der Waals surface area (Å²) in [4.78, 5) is 13.0. The van der Waals surface area contributed by atoms with Gasteiger partial charge in [-0.2, -0.15) is 0 Å². The molecule has 0 aliphatic carbocycles. The summed E-state index contributed by atoms with van der Waals surface area (Å²) in [7, 11) is 0. The van der Waals surface area contributed by atoms with Crippen LogP contribution in [0.5, 0.6) is 0 Å². The molecule has 0 aromatic heterocycles. The molecule has 8 N–H and O–H groups in total. The Morgan fingerprint density at radius 3 is 1.62 bits per heavy atom. The molecule has 1 saturated heterocycles. The van der Waals surface area contributed by atoms with Crippen LogP contribution in [-0.2, 0) is 14.3 Å². The van der Waals surface area contributed by atoms with E-state index in [9.17, 15) is 40.5 Å². The number of nitrogens with one attached hydrogen (secondary N) is 1. The number of carbonyl (C=O) groups excluding carboxylic acids is 1. The van der Waals surface area contributed by atoms with Crippen LogP contribution in [0.3, 0.4) is 0 Å². The van der Waals surface area contributed by atoms with E-state index < -0.39 is 74.2 Å². The molecule has 1 aliphatic heterocycles. The van der Waals surface area contributed by atoms with Crippen molar-refractivity contribution in [2.75, 3.05) is 13.2 Å². The Bertz CT molecular complexity index is 877. The second-order valence-electron chi connectivity index (χ2n) is 15.4. The Hall–Kier alpha value is -1.15. The van der Waals surface area contributed by atoms with E-state index in [0.717, 1.165) is 38.5 Å². The Morgan fingerprint density at radius 1 is 0.642 bits per heavy atom. The maximum Gasteiger partial charge on any atom is 0.249 e. The lowest BCUT2D eigenvalue weighted by molar-refractivity contribution is -0.303. The summed E-state index contributed by atoms with van der Waals surface area (Å²) in [5.74, 6) is -0.707. The first-order chi connectivity index (χ1) is 25.7. The van der Waals surface area contributed by atoms with Crippen LogP contribution in [0.2, 0.25) is 0 Å². The molecule has 0 bridgehead atoms. The van der Waals surface area contributed by atoms with E-state index in [1.54, 1.807) is 0 Å². The minimum absolute atomic E-state index is 0.258. The molecule has 1 heterocycles. The highest BCUT2D eigenvalue weighted by molar-refractivity contribution is 5.80. The normalized spacial score (nSPS) is 22.9. The average molecular weight is 760 g/mol. The molecule has 11 heteroatoms. The molecule has 1 fully saturated rings. The van der Waals surface area contributed by atoms with Crippen LogP contribution in [0.4, 0.5) is 0 Å². The van der Waals surface area contributed by atoms with E-state index >= 15 is 0 Å². The lowest BCUT2D eigenvalue weighted by Gasteiger charge is -2.40. The van der Waals surface area contributed by atoms with Gasteiger partial charge in [0, 0.05) is 0 Å². The summed E-state index contributed by atoms with van der Waals surface area (Å²) in [6, 6.07) is -1.18. The van der Waals surface area contributed by atoms with Gasteiger partial charge in [0.2, 0.25) is 5.91 Å². The number of aliphatic hydroxyl groups is 7. The number of carbonyl (C=O) groups is 1. The first kappa shape index (κ1) is 49.9. The van der Waals surface area contributed by atoms with Gasteiger partial charge in [0.1, 0.15) is 36.6 Å². The van der Waals surface area contributed by atoms with Crippen LogP contribution in [0.25, 0.3) is 0 Å². The molecule has 1 rings (SSSR count). The van der Waals surface area contributed by atoms with Gasteiger partial charge in [0.25, 0.3) is 0 Å². The van der Waals surface area contributed by atoms with Crippen LogP contribution >= 0.6 is 0 Å². The third kappa shape index (κ3) is 23.5. The summed E-state index contributed by atoms with van der Waals surface area (Å²) in [5, 5.41) is 75.4. The van der Waals surface area contributed by atoms with Crippen molar-refractivity contribution in [3.05, 3.63) is 12.2 Å². The third-order valence-electron chi connectivity index (χ3n) is 10.6. The molecule has 9 atom stereocenters. The van der Waals surface area contributed by atoms with Gasteiger partial charge in [-0.25, -0.2) is 0 Å². The molecular weight excluding hydrogens is 678 g/mol. The molecule has 1 amide bonds. The smallest absolute Gasteiger partial charge is 0.249 e. The highest BCUT2D eigenvalue weighted by atomic mass is 16.7. The topological polar surface area (TPSA) is 189 Å². The monoisotopic (exact) mass is 760 g/mol. The summed E-state index contributed by atoms with van der Waals surface area (Å²) in [6.07, 6.45) is 21.2. The standard InChI is InChI=1S/C42H81NO10/c1-3-5-7-9-11-13-15-17-19-21-23-25-27-29-34(45)37(47)33(32-52-42-40(50)39(49)38(48)36(31-44)53-42)43-41(51)35(46)30-28-26-24-22-20-18-16-14-12-10-8-6-4-2/h21,23,33-40,42,44-50H,3-20,22,24-32H2,1-2H3,(H,43,51)/b23-21+. The molecule has 0 aromatic carbocycles. The maximum absolute atomic E-state index is 13.0. The van der Waals surface area contributed by atoms with E-state index in [0.29, 0.717) is 12.8 Å². The van der Waals surface area contributed by atoms with Gasteiger partial charge in [-0.3, -0.25) is 4.79 Å². The maximum atomic E-state index is 13.0. The Labute approximate surface area is 322 Å². The first-order valence-corrected chi connectivity index (χ1v) is 21.6. The molecule has 53 heavy (non-hydrogen) atoms. The van der Waals surface area contributed by atoms with Gasteiger partial charge in [0.15, 0.2) is 6.29 Å². The fraction of sp³-hybridized carbons (Fsp3) is 0.929. The van der Waals surface area contributed by atoms with Crippen molar-refractivity contribution in [3.63, 3.8) is 0 Å². The molecule has 9 unspecified atom stereocenters. The van der Waals surface area contributed by atoms with Crippen molar-refractivity contribution < 1.29 is 50.0 Å². The SMILES string of the molecule is CCCCCCCCCC/C=C/CCCC(O)C(O)C(COC1OC(CO)C(O)C(O)C1O)NC(=O)C(O)CCCCCCCCCCCCCCC. The van der Waals surface area contributed by atoms with Crippen LogP contribution in [-0.4, -0.2) is 110 Å². The number of unbranched alkanes of at least 4 members (excludes halogenated alkanes) is 21. The predicted octanol–water partition coefficient (Wildman–Crippen LogP) is 6.11. The number of aliphatic hydroxyl groups excluding tert-OH is 7. The quantitative estimate of drug-likeness (QED) is 0.0277. The van der Waals surface area contributed by atoms with Gasteiger partial charge in [-0.1, -0.05) is 154 Å². The van der Waals surface area contributed by atoms with E-state index in [-0.39, 0.29) is 12.8 Å². The van der Waals surface area contributed by atoms with E-state index in [2.05, 4.69) is 31.3 Å². The van der Waals surface area contributed by atoms with Crippen LogP contribution in [0.15, 0.2) is 12.2 Å². The highest BCUT2D eigenvalue weighted by Crippen LogP contribution is 2.23. The highest BCUT2D eigenvalue weighted by Gasteiger charge is 2.44. The third-order valence-corrected chi connectivity index (χ3v) is 10.6. The molecule has 0 saturated carbocycles. The number of hydrogen-bond acceptors (Lipinski definition) is 10. The molecule has 11 nitrogen and oxygen atoms in total. The molecule has 0 radical (unpaired) electrons. The number of hydrogen-bond donors (Lipinski definition) is 8. The molecule has 0 spiro atoms. The summed E-state index contributed by atoms with van der Waals surface area (Å²) in [6.45, 7) is 3.40. The van der Waals surface area contributed by atoms with E-state index in [1.807, 2.05) is 0 Å². The van der Waals surface area contributed by atoms with Crippen LogP contribution < -0.4 is 5.32 Å². The minimum atomic E-state index is -1.66. The number of amides is 1. The van der Waals surface area contributed by atoms with Gasteiger partial charge < -0.3 is 50.5 Å². The summed E-state index contributed by atoms with van der Waals surface area (Å²) >= 11 is 0. The van der Waals surface area contributed by atoms with Gasteiger partial charge in [-0.15, -0.1) is 0 Å². The fourth-order valence-corrected chi connectivity index (χ4v) is 6.91. The molecule has 0 aromatic rings. The fourth-order valence-electron chi connectivity index (χ4n) is 6.91. The zero-order valence-electron chi connectivity index (χ0n) is 33.5. The van der Waals surface area contributed by atoms with Crippen molar-refractivity contribution in [3.8, 4) is 0 Å². The Kier molecular flexibility index (Phi) is 31.1. The number of ether oxygens (including phenoxy) is 2. The van der Waals surface area contributed by atoms with Gasteiger partial charge in [-0.05, 0) is 38.5 Å². The minimum Gasteiger partial charge on any atom is -0.394 e. The lowest BCUT2D eigenvalue weighted by Crippen LogP contribution is -2.60. The molecule has 314 valence electrons. The number of allylic oxidation sites excluding steroid dienone is 2. The van der Waals surface area contributed by atoms with Crippen molar-refractivity contribution in [1.82, 2.24) is 5.32 Å². The summed E-state index contributed by atoms with van der Waals surface area (Å²) in [5.41, 5.74) is 0. The van der Waals surface area contributed by atoms with Crippen molar-refractivity contribution in [2.24, 2.45) is 0 Å². The van der Waals surface area contributed by atoms with Crippen LogP contribution in [0.1, 0.15) is 181 Å². The lowest BCUT2D eigenvalue weighted by atomic mass is 9.98. The zero-order chi connectivity index (χ0) is 39.1.